The Hall–Kier alpha value is -0.840. The van der Waals surface area contributed by atoms with E-state index in [1.165, 1.54) is 12.8 Å². The van der Waals surface area contributed by atoms with E-state index in [1.54, 1.807) is 24.3 Å². The summed E-state index contributed by atoms with van der Waals surface area (Å²) in [4.78, 5) is 22.6. The SMILES string of the molecule is CCCCCCNC(=O)c1ccc(C(N)=O)cc1.[H-].[Na+]. The third kappa shape index (κ3) is 6.76. The van der Waals surface area contributed by atoms with Gasteiger partial charge in [-0.3, -0.25) is 9.59 Å². The van der Waals surface area contributed by atoms with E-state index in [0.29, 0.717) is 17.7 Å². The molecule has 0 saturated heterocycles. The molecule has 0 atom stereocenters. The fourth-order valence-electron chi connectivity index (χ4n) is 1.64. The molecule has 0 heterocycles. The van der Waals surface area contributed by atoms with Crippen LogP contribution in [-0.4, -0.2) is 18.4 Å². The summed E-state index contributed by atoms with van der Waals surface area (Å²) in [5.41, 5.74) is 6.09. The van der Waals surface area contributed by atoms with E-state index in [2.05, 4.69) is 12.2 Å². The summed E-state index contributed by atoms with van der Waals surface area (Å²) in [6, 6.07) is 6.35. The minimum atomic E-state index is -0.485. The second kappa shape index (κ2) is 10.0. The van der Waals surface area contributed by atoms with Gasteiger partial charge in [0, 0.05) is 17.7 Å². The molecule has 0 unspecified atom stereocenters. The molecular formula is C14H21N2NaO2. The van der Waals surface area contributed by atoms with Crippen LogP contribution in [-0.2, 0) is 0 Å². The number of primary amides is 1. The zero-order valence-electron chi connectivity index (χ0n) is 12.7. The molecule has 0 aliphatic heterocycles. The molecule has 5 heteroatoms. The number of hydrogen-bond donors (Lipinski definition) is 2. The van der Waals surface area contributed by atoms with Crippen molar-refractivity contribution in [2.75, 3.05) is 6.54 Å². The van der Waals surface area contributed by atoms with E-state index in [4.69, 9.17) is 5.73 Å². The van der Waals surface area contributed by atoms with Gasteiger partial charge < -0.3 is 12.5 Å². The molecule has 1 aromatic rings. The Bertz CT molecular complexity index is 410. The Balaban J connectivity index is 0. The fraction of sp³-hybridized carbons (Fsp3) is 0.429. The maximum absolute atomic E-state index is 11.7. The van der Waals surface area contributed by atoms with Gasteiger partial charge in [-0.15, -0.1) is 0 Å². The van der Waals surface area contributed by atoms with Crippen LogP contribution in [0.3, 0.4) is 0 Å². The zero-order chi connectivity index (χ0) is 13.4. The first-order chi connectivity index (χ1) is 8.65. The predicted octanol–water partition coefficient (Wildman–Crippen LogP) is -0.788. The third-order valence-corrected chi connectivity index (χ3v) is 2.75. The van der Waals surface area contributed by atoms with Crippen molar-refractivity contribution in [1.82, 2.24) is 5.32 Å². The number of nitrogens with two attached hydrogens (primary N) is 1. The van der Waals surface area contributed by atoms with Crippen LogP contribution in [0.4, 0.5) is 0 Å². The Kier molecular flexibility index (Phi) is 9.57. The maximum atomic E-state index is 11.7. The van der Waals surface area contributed by atoms with Crippen molar-refractivity contribution in [3.63, 3.8) is 0 Å². The standard InChI is InChI=1S/C14H20N2O2.Na.H/c1-2-3-4-5-10-16-14(18)12-8-6-11(7-9-12)13(15)17;;/h6-9H,2-5,10H2,1H3,(H2,15,17)(H,16,18);;/q;+1;-1. The molecule has 19 heavy (non-hydrogen) atoms. The Morgan fingerprint density at radius 1 is 1.11 bits per heavy atom. The molecule has 0 fully saturated rings. The maximum Gasteiger partial charge on any atom is 1.00 e. The average Bonchev–Trinajstić information content (AvgIpc) is 2.38. The Morgan fingerprint density at radius 2 is 1.68 bits per heavy atom. The molecule has 3 N–H and O–H groups in total. The van der Waals surface area contributed by atoms with Crippen LogP contribution in [0.5, 0.6) is 0 Å². The van der Waals surface area contributed by atoms with Gasteiger partial charge in [0.25, 0.3) is 5.91 Å². The Labute approximate surface area is 137 Å². The summed E-state index contributed by atoms with van der Waals surface area (Å²) in [5, 5.41) is 2.85. The van der Waals surface area contributed by atoms with Crippen molar-refractivity contribution in [2.45, 2.75) is 32.6 Å². The van der Waals surface area contributed by atoms with Crippen molar-refractivity contribution >= 4 is 11.8 Å². The average molecular weight is 272 g/mol. The molecule has 100 valence electrons. The monoisotopic (exact) mass is 272 g/mol. The van der Waals surface area contributed by atoms with E-state index < -0.39 is 5.91 Å². The number of nitrogens with one attached hydrogen (secondary N) is 1. The first-order valence-electron chi connectivity index (χ1n) is 6.33. The molecule has 0 aliphatic carbocycles. The fourth-order valence-corrected chi connectivity index (χ4v) is 1.64. The number of carbonyl (C=O) groups excluding carboxylic acids is 2. The van der Waals surface area contributed by atoms with E-state index >= 15 is 0 Å². The summed E-state index contributed by atoms with van der Waals surface area (Å²) in [7, 11) is 0. The predicted molar refractivity (Wildman–Crippen MR) is 72.5 cm³/mol. The second-order valence-electron chi connectivity index (χ2n) is 4.26. The Morgan fingerprint density at radius 3 is 2.21 bits per heavy atom. The van der Waals surface area contributed by atoms with Gasteiger partial charge in [0.1, 0.15) is 0 Å². The van der Waals surface area contributed by atoms with Gasteiger partial charge >= 0.3 is 29.6 Å². The van der Waals surface area contributed by atoms with Gasteiger partial charge in [-0.25, -0.2) is 0 Å². The van der Waals surface area contributed by atoms with Crippen molar-refractivity contribution < 1.29 is 40.6 Å². The summed E-state index contributed by atoms with van der Waals surface area (Å²) < 4.78 is 0. The second-order valence-corrected chi connectivity index (χ2v) is 4.26. The van der Waals surface area contributed by atoms with Gasteiger partial charge in [0.05, 0.1) is 0 Å². The third-order valence-electron chi connectivity index (χ3n) is 2.75. The molecule has 0 saturated carbocycles. The largest absolute Gasteiger partial charge is 1.00 e. The topological polar surface area (TPSA) is 72.2 Å². The molecule has 0 aromatic heterocycles. The van der Waals surface area contributed by atoms with Crippen molar-refractivity contribution in [1.29, 1.82) is 0 Å². The van der Waals surface area contributed by atoms with Crippen LogP contribution < -0.4 is 40.6 Å². The molecule has 1 aromatic carbocycles. The molecule has 2 amide bonds. The van der Waals surface area contributed by atoms with Crippen LogP contribution in [0.25, 0.3) is 0 Å². The van der Waals surface area contributed by atoms with Crippen molar-refractivity contribution in [3.8, 4) is 0 Å². The number of carbonyl (C=O) groups is 2. The number of rotatable bonds is 7. The van der Waals surface area contributed by atoms with Crippen LogP contribution in [0, 0.1) is 0 Å². The smallest absolute Gasteiger partial charge is 1.00 e. The van der Waals surface area contributed by atoms with Crippen LogP contribution in [0.2, 0.25) is 0 Å². The first-order valence-corrected chi connectivity index (χ1v) is 6.33. The van der Waals surface area contributed by atoms with Gasteiger partial charge in [0.2, 0.25) is 5.91 Å². The number of hydrogen-bond acceptors (Lipinski definition) is 2. The molecule has 1 rings (SSSR count). The van der Waals surface area contributed by atoms with E-state index in [0.717, 1.165) is 12.8 Å². The number of amides is 2. The number of unbranched alkanes of at least 4 members (excludes halogenated alkanes) is 3. The van der Waals surface area contributed by atoms with Gasteiger partial charge in [-0.1, -0.05) is 26.2 Å². The van der Waals surface area contributed by atoms with Crippen LogP contribution in [0.15, 0.2) is 24.3 Å². The minimum absolute atomic E-state index is 0. The molecule has 0 radical (unpaired) electrons. The van der Waals surface area contributed by atoms with Crippen molar-refractivity contribution in [3.05, 3.63) is 35.4 Å². The van der Waals surface area contributed by atoms with E-state index in [9.17, 15) is 9.59 Å². The van der Waals surface area contributed by atoms with Gasteiger partial charge in [-0.2, -0.15) is 0 Å². The van der Waals surface area contributed by atoms with Gasteiger partial charge in [-0.05, 0) is 30.7 Å². The van der Waals surface area contributed by atoms with Crippen molar-refractivity contribution in [2.24, 2.45) is 5.73 Å². The first kappa shape index (κ1) is 18.2. The van der Waals surface area contributed by atoms with Crippen LogP contribution >= 0.6 is 0 Å². The molecule has 0 spiro atoms. The number of benzene rings is 1. The summed E-state index contributed by atoms with van der Waals surface area (Å²) in [6.45, 7) is 2.84. The van der Waals surface area contributed by atoms with E-state index in [-0.39, 0.29) is 36.9 Å². The summed E-state index contributed by atoms with van der Waals surface area (Å²) >= 11 is 0. The molecule has 4 nitrogen and oxygen atoms in total. The molecule has 0 aliphatic rings. The van der Waals surface area contributed by atoms with E-state index in [1.807, 2.05) is 0 Å². The van der Waals surface area contributed by atoms with Crippen LogP contribution in [0.1, 0.15) is 54.7 Å². The zero-order valence-corrected chi connectivity index (χ0v) is 13.7. The summed E-state index contributed by atoms with van der Waals surface area (Å²) in [6.07, 6.45) is 4.52. The quantitative estimate of drug-likeness (QED) is 0.504. The van der Waals surface area contributed by atoms with Gasteiger partial charge in [0.15, 0.2) is 0 Å². The molecular weight excluding hydrogens is 251 g/mol. The molecule has 0 bridgehead atoms. The normalized spacial score (nSPS) is 9.53. The summed E-state index contributed by atoms with van der Waals surface area (Å²) in [5.74, 6) is -0.593. The minimum Gasteiger partial charge on any atom is -1.00 e.